The molecule has 0 bridgehead atoms. The van der Waals surface area contributed by atoms with Crippen molar-refractivity contribution >= 4 is 29.1 Å². The van der Waals surface area contributed by atoms with Gasteiger partial charge in [0.15, 0.2) is 11.5 Å². The summed E-state index contributed by atoms with van der Waals surface area (Å²) in [4.78, 5) is 25.7. The molecule has 0 radical (unpaired) electrons. The first-order chi connectivity index (χ1) is 12.9. The number of anilines is 1. The molecule has 0 fully saturated rings. The fraction of sp³-hybridized carbons (Fsp3) is 0.263. The Kier molecular flexibility index (Phi) is 5.81. The normalized spacial score (nSPS) is 12.4. The van der Waals surface area contributed by atoms with Crippen LogP contribution >= 0.6 is 11.6 Å². The summed E-state index contributed by atoms with van der Waals surface area (Å²) in [6, 6.07) is 8.90. The molecule has 2 aromatic carbocycles. The molecule has 1 aliphatic heterocycles. The quantitative estimate of drug-likeness (QED) is 0.849. The van der Waals surface area contributed by atoms with Gasteiger partial charge in [-0.1, -0.05) is 17.7 Å². The number of carbonyl (C=O) groups excluding carboxylic acids is 2. The first-order valence-electron chi connectivity index (χ1n) is 8.30. The zero-order valence-corrected chi connectivity index (χ0v) is 15.4. The van der Waals surface area contributed by atoms with Crippen LogP contribution in [0.3, 0.4) is 0 Å². The van der Waals surface area contributed by atoms with Crippen molar-refractivity contribution in [1.29, 1.82) is 0 Å². The maximum absolute atomic E-state index is 13.2. The summed E-state index contributed by atoms with van der Waals surface area (Å²) in [7, 11) is 1.52. The number of rotatable bonds is 5. The molecule has 0 unspecified atom stereocenters. The van der Waals surface area contributed by atoms with E-state index < -0.39 is 11.7 Å². The summed E-state index contributed by atoms with van der Waals surface area (Å²) in [5, 5.41) is 2.93. The van der Waals surface area contributed by atoms with E-state index in [1.165, 1.54) is 30.1 Å². The first-order valence-corrected chi connectivity index (χ1v) is 8.67. The smallest absolute Gasteiger partial charge is 0.243 e. The van der Waals surface area contributed by atoms with Gasteiger partial charge < -0.3 is 19.7 Å². The van der Waals surface area contributed by atoms with Gasteiger partial charge in [0.05, 0.1) is 18.0 Å². The number of nitrogens with zero attached hydrogens (tertiary/aromatic N) is 1. The number of ether oxygens (including phenoxy) is 2. The Morgan fingerprint density at radius 1 is 1.22 bits per heavy atom. The third-order valence-corrected chi connectivity index (χ3v) is 4.21. The van der Waals surface area contributed by atoms with Gasteiger partial charge in [0.1, 0.15) is 19.0 Å². The molecule has 0 atom stereocenters. The monoisotopic (exact) mass is 392 g/mol. The largest absolute Gasteiger partial charge is 0.486 e. The van der Waals surface area contributed by atoms with E-state index in [-0.39, 0.29) is 18.9 Å². The fourth-order valence-corrected chi connectivity index (χ4v) is 2.93. The molecular weight excluding hydrogens is 375 g/mol. The maximum atomic E-state index is 13.2. The molecule has 2 aromatic rings. The molecule has 27 heavy (non-hydrogen) atoms. The first kappa shape index (κ1) is 19.0. The van der Waals surface area contributed by atoms with Crippen molar-refractivity contribution in [1.82, 2.24) is 4.90 Å². The van der Waals surface area contributed by atoms with Gasteiger partial charge in [-0.25, -0.2) is 4.39 Å². The van der Waals surface area contributed by atoms with E-state index in [9.17, 15) is 14.0 Å². The number of benzene rings is 2. The van der Waals surface area contributed by atoms with Crippen LogP contribution in [0.15, 0.2) is 36.4 Å². The van der Waals surface area contributed by atoms with Crippen molar-refractivity contribution in [3.05, 3.63) is 52.8 Å². The van der Waals surface area contributed by atoms with Crippen molar-refractivity contribution in [2.24, 2.45) is 0 Å². The Morgan fingerprint density at radius 2 is 2.00 bits per heavy atom. The minimum absolute atomic E-state index is 0.0557. The molecule has 1 aliphatic rings. The number of fused-ring (bicyclic) bond motifs is 1. The third-order valence-electron chi connectivity index (χ3n) is 3.93. The van der Waals surface area contributed by atoms with E-state index in [2.05, 4.69) is 5.32 Å². The van der Waals surface area contributed by atoms with Crippen LogP contribution in [0.4, 0.5) is 10.1 Å². The van der Waals surface area contributed by atoms with E-state index in [0.29, 0.717) is 41.0 Å². The Bertz CT molecular complexity index is 875. The van der Waals surface area contributed by atoms with E-state index in [0.717, 1.165) is 0 Å². The number of halogens is 2. The Balaban J connectivity index is 1.59. The number of hydrogen-bond donors (Lipinski definition) is 1. The van der Waals surface area contributed by atoms with Gasteiger partial charge in [-0.3, -0.25) is 9.59 Å². The van der Waals surface area contributed by atoms with Crippen LogP contribution in [0.25, 0.3) is 0 Å². The Hall–Kier alpha value is -2.80. The van der Waals surface area contributed by atoms with Crippen molar-refractivity contribution in [3.63, 3.8) is 0 Å². The molecule has 0 aromatic heterocycles. The minimum Gasteiger partial charge on any atom is -0.486 e. The summed E-state index contributed by atoms with van der Waals surface area (Å²) >= 11 is 6.17. The molecule has 6 nitrogen and oxygen atoms in total. The molecule has 142 valence electrons. The van der Waals surface area contributed by atoms with Crippen molar-refractivity contribution < 1.29 is 23.5 Å². The van der Waals surface area contributed by atoms with Gasteiger partial charge in [-0.05, 0) is 35.9 Å². The molecule has 0 saturated carbocycles. The number of carbonyl (C=O) groups is 2. The Labute approximate surface area is 160 Å². The highest BCUT2D eigenvalue weighted by Crippen LogP contribution is 2.38. The van der Waals surface area contributed by atoms with Gasteiger partial charge in [-0.15, -0.1) is 0 Å². The van der Waals surface area contributed by atoms with Crippen molar-refractivity contribution in [2.75, 3.05) is 32.1 Å². The van der Waals surface area contributed by atoms with Crippen LogP contribution in [0.5, 0.6) is 11.5 Å². The fourth-order valence-electron chi connectivity index (χ4n) is 2.65. The average molecular weight is 393 g/mol. The summed E-state index contributed by atoms with van der Waals surface area (Å²) in [5.74, 6) is -0.161. The zero-order valence-electron chi connectivity index (χ0n) is 14.6. The van der Waals surface area contributed by atoms with Gasteiger partial charge in [0.25, 0.3) is 0 Å². The number of likely N-dealkylation sites (N-methyl/N-ethyl adjacent to an activating group) is 1. The average Bonchev–Trinajstić information content (AvgIpc) is 2.61. The van der Waals surface area contributed by atoms with E-state index >= 15 is 0 Å². The Morgan fingerprint density at radius 3 is 2.78 bits per heavy atom. The summed E-state index contributed by atoms with van der Waals surface area (Å²) in [6.45, 7) is 0.683. The highest BCUT2D eigenvalue weighted by Gasteiger charge is 2.19. The molecule has 0 aliphatic carbocycles. The van der Waals surface area contributed by atoms with Gasteiger partial charge in [-0.2, -0.15) is 0 Å². The molecule has 3 rings (SSSR count). The molecule has 1 N–H and O–H groups in total. The minimum atomic E-state index is -0.451. The van der Waals surface area contributed by atoms with Crippen LogP contribution < -0.4 is 14.8 Å². The van der Waals surface area contributed by atoms with Crippen LogP contribution in [-0.2, 0) is 16.0 Å². The lowest BCUT2D eigenvalue weighted by molar-refractivity contribution is -0.132. The van der Waals surface area contributed by atoms with Crippen molar-refractivity contribution in [3.8, 4) is 11.5 Å². The second-order valence-electron chi connectivity index (χ2n) is 6.09. The van der Waals surface area contributed by atoms with E-state index in [4.69, 9.17) is 21.1 Å². The standard InChI is InChI=1S/C19H18ClFN2O4/c1-23(11-17(24)22-14-4-2-3-13(21)10-14)18(25)9-12-7-15(20)19-16(8-12)26-5-6-27-19/h2-4,7-8,10H,5-6,9,11H2,1H3,(H,22,24). The van der Waals surface area contributed by atoms with Crippen molar-refractivity contribution in [2.45, 2.75) is 6.42 Å². The summed E-state index contributed by atoms with van der Waals surface area (Å²) < 4.78 is 24.1. The van der Waals surface area contributed by atoms with E-state index in [1.807, 2.05) is 0 Å². The second-order valence-corrected chi connectivity index (χ2v) is 6.49. The van der Waals surface area contributed by atoms with E-state index in [1.54, 1.807) is 18.2 Å². The molecule has 2 amide bonds. The number of hydrogen-bond acceptors (Lipinski definition) is 4. The number of nitrogens with one attached hydrogen (secondary N) is 1. The summed E-state index contributed by atoms with van der Waals surface area (Å²) in [6.07, 6.45) is 0.0557. The lowest BCUT2D eigenvalue weighted by Gasteiger charge is -2.21. The third kappa shape index (κ3) is 4.89. The lowest BCUT2D eigenvalue weighted by Crippen LogP contribution is -2.35. The molecule has 1 heterocycles. The van der Waals surface area contributed by atoms with Crippen LogP contribution in [-0.4, -0.2) is 43.5 Å². The lowest BCUT2D eigenvalue weighted by atomic mass is 10.1. The van der Waals surface area contributed by atoms with Crippen LogP contribution in [0.2, 0.25) is 5.02 Å². The topological polar surface area (TPSA) is 67.9 Å². The molecule has 0 spiro atoms. The molecular formula is C19H18ClFN2O4. The zero-order chi connectivity index (χ0) is 19.4. The van der Waals surface area contributed by atoms with Gasteiger partial charge in [0.2, 0.25) is 11.8 Å². The van der Waals surface area contributed by atoms with Gasteiger partial charge in [0, 0.05) is 12.7 Å². The summed E-state index contributed by atoms with van der Waals surface area (Å²) in [5.41, 5.74) is 0.992. The molecule has 8 heteroatoms. The highest BCUT2D eigenvalue weighted by atomic mass is 35.5. The number of amides is 2. The predicted molar refractivity (Wildman–Crippen MR) is 98.8 cm³/mol. The SMILES string of the molecule is CN(CC(=O)Nc1cccc(F)c1)C(=O)Cc1cc(Cl)c2c(c1)OCCO2. The van der Waals surface area contributed by atoms with Crippen LogP contribution in [0.1, 0.15) is 5.56 Å². The van der Waals surface area contributed by atoms with Gasteiger partial charge >= 0.3 is 0 Å². The second kappa shape index (κ2) is 8.26. The predicted octanol–water partition coefficient (Wildman–Crippen LogP) is 2.89. The molecule has 0 saturated heterocycles. The van der Waals surface area contributed by atoms with Crippen LogP contribution in [0, 0.1) is 5.82 Å². The maximum Gasteiger partial charge on any atom is 0.243 e. The highest BCUT2D eigenvalue weighted by molar-refractivity contribution is 6.32.